The van der Waals surface area contributed by atoms with Crippen LogP contribution in [0.5, 0.6) is 5.75 Å². The molecule has 0 spiro atoms. The zero-order valence-electron chi connectivity index (χ0n) is 14.7. The number of furan rings is 1. The number of amides is 2. The van der Waals surface area contributed by atoms with Crippen LogP contribution in [0.2, 0.25) is 0 Å². The Hall–Kier alpha value is -3.61. The van der Waals surface area contributed by atoms with Crippen LogP contribution in [-0.4, -0.2) is 22.8 Å². The Morgan fingerprint density at radius 1 is 1.19 bits per heavy atom. The van der Waals surface area contributed by atoms with Crippen LogP contribution in [0.15, 0.2) is 71.7 Å². The fourth-order valence-electron chi connectivity index (χ4n) is 2.29. The van der Waals surface area contributed by atoms with Gasteiger partial charge in [0, 0.05) is 18.0 Å². The molecule has 2 aromatic heterocycles. The van der Waals surface area contributed by atoms with Gasteiger partial charge in [-0.3, -0.25) is 14.6 Å². The Balaban J connectivity index is 1.55. The van der Waals surface area contributed by atoms with Gasteiger partial charge in [0.05, 0.1) is 17.5 Å². The van der Waals surface area contributed by atoms with Crippen LogP contribution in [-0.2, 0) is 11.4 Å². The highest BCUT2D eigenvalue weighted by atomic mass is 16.5. The lowest BCUT2D eigenvalue weighted by molar-refractivity contribution is -0.117. The minimum atomic E-state index is -0.717. The van der Waals surface area contributed by atoms with Gasteiger partial charge in [0.25, 0.3) is 5.91 Å². The molecule has 3 rings (SSSR count). The summed E-state index contributed by atoms with van der Waals surface area (Å²) < 4.78 is 10.6. The van der Waals surface area contributed by atoms with Crippen molar-refractivity contribution in [2.24, 2.45) is 0 Å². The molecule has 138 valence electrons. The summed E-state index contributed by atoms with van der Waals surface area (Å²) in [6.07, 6.45) is 4.42. The molecule has 7 heteroatoms. The molecule has 0 aliphatic rings. The molecule has 1 aromatic carbocycles. The molecule has 3 aromatic rings. The molecule has 7 nitrogen and oxygen atoms in total. The van der Waals surface area contributed by atoms with Gasteiger partial charge >= 0.3 is 0 Å². The summed E-state index contributed by atoms with van der Waals surface area (Å²) in [6.45, 7) is 1.93. The second-order valence-electron chi connectivity index (χ2n) is 5.83. The summed E-state index contributed by atoms with van der Waals surface area (Å²) in [5.41, 5.74) is 1.74. The Labute approximate surface area is 156 Å². The highest BCUT2D eigenvalue weighted by Crippen LogP contribution is 2.18. The Kier molecular flexibility index (Phi) is 5.84. The molecule has 0 radical (unpaired) electrons. The number of nitrogens with zero attached hydrogens (tertiary/aromatic N) is 1. The van der Waals surface area contributed by atoms with Gasteiger partial charge in [-0.25, -0.2) is 0 Å². The van der Waals surface area contributed by atoms with E-state index in [4.69, 9.17) is 9.15 Å². The summed E-state index contributed by atoms with van der Waals surface area (Å²) in [5.74, 6) is -0.110. The molecule has 0 bridgehead atoms. The van der Waals surface area contributed by atoms with Gasteiger partial charge in [-0.2, -0.15) is 0 Å². The van der Waals surface area contributed by atoms with Crippen molar-refractivity contribution in [3.8, 4) is 5.75 Å². The fourth-order valence-corrected chi connectivity index (χ4v) is 2.29. The van der Waals surface area contributed by atoms with Crippen LogP contribution < -0.4 is 15.4 Å². The van der Waals surface area contributed by atoms with E-state index in [0.717, 1.165) is 5.69 Å². The first-order valence-corrected chi connectivity index (χ1v) is 8.38. The van der Waals surface area contributed by atoms with Crippen molar-refractivity contribution < 1.29 is 18.7 Å². The van der Waals surface area contributed by atoms with Gasteiger partial charge in [-0.05, 0) is 37.3 Å². The number of aromatic nitrogens is 1. The summed E-state index contributed by atoms with van der Waals surface area (Å²) in [6, 6.07) is 13.4. The maximum absolute atomic E-state index is 12.3. The van der Waals surface area contributed by atoms with Crippen molar-refractivity contribution in [2.75, 3.05) is 5.32 Å². The Morgan fingerprint density at radius 3 is 2.81 bits per heavy atom. The van der Waals surface area contributed by atoms with E-state index in [-0.39, 0.29) is 11.8 Å². The van der Waals surface area contributed by atoms with Crippen LogP contribution in [0.4, 0.5) is 5.69 Å². The average Bonchev–Trinajstić information content (AvgIpc) is 3.22. The molecule has 2 amide bonds. The summed E-state index contributed by atoms with van der Waals surface area (Å²) in [7, 11) is 0. The first-order chi connectivity index (χ1) is 13.1. The lowest BCUT2D eigenvalue weighted by Crippen LogP contribution is -2.41. The van der Waals surface area contributed by atoms with Crippen LogP contribution in [0.3, 0.4) is 0 Å². The van der Waals surface area contributed by atoms with Crippen molar-refractivity contribution in [1.82, 2.24) is 10.3 Å². The second-order valence-corrected chi connectivity index (χ2v) is 5.83. The smallest absolute Gasteiger partial charge is 0.255 e. The van der Waals surface area contributed by atoms with E-state index in [9.17, 15) is 9.59 Å². The summed E-state index contributed by atoms with van der Waals surface area (Å²) in [4.78, 5) is 28.5. The lowest BCUT2D eigenvalue weighted by atomic mass is 10.2. The maximum atomic E-state index is 12.3. The first-order valence-electron chi connectivity index (χ1n) is 8.38. The fraction of sp³-hybridized carbons (Fsp3) is 0.150. The van der Waals surface area contributed by atoms with E-state index in [1.54, 1.807) is 37.4 Å². The van der Waals surface area contributed by atoms with Gasteiger partial charge in [-0.15, -0.1) is 0 Å². The molecule has 27 heavy (non-hydrogen) atoms. The number of hydrogen-bond acceptors (Lipinski definition) is 5. The highest BCUT2D eigenvalue weighted by Gasteiger charge is 2.17. The highest BCUT2D eigenvalue weighted by molar-refractivity contribution is 6.00. The minimum Gasteiger partial charge on any atom is -0.487 e. The summed E-state index contributed by atoms with van der Waals surface area (Å²) >= 11 is 0. The van der Waals surface area contributed by atoms with E-state index < -0.39 is 6.04 Å². The molecule has 0 saturated heterocycles. The number of nitrogens with one attached hydrogen (secondary N) is 2. The number of benzene rings is 1. The topological polar surface area (TPSA) is 93.5 Å². The van der Waals surface area contributed by atoms with Crippen molar-refractivity contribution >= 4 is 17.5 Å². The summed E-state index contributed by atoms with van der Waals surface area (Å²) in [5, 5.41) is 5.37. The molecule has 0 unspecified atom stereocenters. The zero-order chi connectivity index (χ0) is 19.1. The number of anilines is 1. The number of ether oxygens (including phenoxy) is 1. The van der Waals surface area contributed by atoms with Crippen LogP contribution in [0.1, 0.15) is 23.0 Å². The van der Waals surface area contributed by atoms with Gasteiger partial charge < -0.3 is 19.8 Å². The minimum absolute atomic E-state index is 0.329. The molecule has 2 N–H and O–H groups in total. The predicted octanol–water partition coefficient (Wildman–Crippen LogP) is 3.01. The van der Waals surface area contributed by atoms with E-state index in [1.807, 2.05) is 18.2 Å². The molecular formula is C20H19N3O4. The number of carbonyl (C=O) groups is 2. The zero-order valence-corrected chi connectivity index (χ0v) is 14.7. The predicted molar refractivity (Wildman–Crippen MR) is 99.3 cm³/mol. The van der Waals surface area contributed by atoms with Crippen molar-refractivity contribution in [3.63, 3.8) is 0 Å². The largest absolute Gasteiger partial charge is 0.487 e. The molecule has 0 saturated carbocycles. The second kappa shape index (κ2) is 8.66. The van der Waals surface area contributed by atoms with Crippen LogP contribution in [0, 0.1) is 0 Å². The first kappa shape index (κ1) is 18.2. The number of rotatable bonds is 7. The molecular weight excluding hydrogens is 346 g/mol. The van der Waals surface area contributed by atoms with E-state index in [1.165, 1.54) is 18.6 Å². The van der Waals surface area contributed by atoms with Crippen molar-refractivity contribution in [3.05, 3.63) is 78.5 Å². The van der Waals surface area contributed by atoms with Gasteiger partial charge in [0.2, 0.25) is 5.91 Å². The van der Waals surface area contributed by atoms with Gasteiger partial charge in [-0.1, -0.05) is 12.1 Å². The number of carbonyl (C=O) groups excluding carboxylic acids is 2. The van der Waals surface area contributed by atoms with E-state index in [2.05, 4.69) is 15.6 Å². The monoisotopic (exact) mass is 365 g/mol. The Morgan fingerprint density at radius 2 is 2.07 bits per heavy atom. The van der Waals surface area contributed by atoms with E-state index in [0.29, 0.717) is 23.6 Å². The molecule has 0 aliphatic carbocycles. The normalized spacial score (nSPS) is 11.4. The quantitative estimate of drug-likeness (QED) is 0.671. The van der Waals surface area contributed by atoms with Crippen LogP contribution >= 0.6 is 0 Å². The molecule has 2 heterocycles. The standard InChI is InChI=1S/C20H19N3O4/c1-14(22-20(25)15-8-10-26-12-15)19(24)23-16-6-4-7-18(11-16)27-13-17-5-2-3-9-21-17/h2-12,14H,13H2,1H3,(H,22,25)(H,23,24)/t14-/m1/s1. The SMILES string of the molecule is C[C@@H](NC(=O)c1ccoc1)C(=O)Nc1cccc(OCc2ccccn2)c1. The third kappa shape index (κ3) is 5.18. The van der Waals surface area contributed by atoms with Crippen molar-refractivity contribution in [1.29, 1.82) is 0 Å². The van der Waals surface area contributed by atoms with E-state index >= 15 is 0 Å². The van der Waals surface area contributed by atoms with Crippen LogP contribution in [0.25, 0.3) is 0 Å². The average molecular weight is 365 g/mol. The molecule has 0 fully saturated rings. The van der Waals surface area contributed by atoms with Gasteiger partial charge in [0.1, 0.15) is 24.7 Å². The number of hydrogen-bond donors (Lipinski definition) is 2. The third-order valence-corrected chi connectivity index (χ3v) is 3.74. The Bertz CT molecular complexity index is 895. The van der Waals surface area contributed by atoms with Gasteiger partial charge in [0.15, 0.2) is 0 Å². The lowest BCUT2D eigenvalue weighted by Gasteiger charge is -2.14. The number of pyridine rings is 1. The molecule has 1 atom stereocenters. The molecule has 0 aliphatic heterocycles. The van der Waals surface area contributed by atoms with Crippen molar-refractivity contribution in [2.45, 2.75) is 19.6 Å². The third-order valence-electron chi connectivity index (χ3n) is 3.74. The maximum Gasteiger partial charge on any atom is 0.255 e.